The highest BCUT2D eigenvalue weighted by atomic mass is 16.5. The standard InChI is InChI=1S/C28H31N5O5.C2H6.H2/c1-30-19-26(34)32-24(15-20-7-4-3-5-8-20)27(35)31(17-23-9-6-14-38-23)18-25(32)33(30)28(36)29-16-21-10-12-22(37-2)13-11-21;1-2;/h3-14,24-25H,15-19H2,1-2H3,(H,29,36);1-2H3;1H/t24-,25-;;/m0../s1. The van der Waals surface area contributed by atoms with Crippen LogP contribution >= 0.6 is 0 Å². The Hall–Kier alpha value is -4.31. The predicted octanol–water partition coefficient (Wildman–Crippen LogP) is 3.74. The molecule has 0 unspecified atom stereocenters. The molecule has 1 aromatic heterocycles. The minimum Gasteiger partial charge on any atom is -0.497 e. The maximum atomic E-state index is 13.7. The molecule has 0 aliphatic carbocycles. The average molecular weight is 550 g/mol. The van der Waals surface area contributed by atoms with Gasteiger partial charge < -0.3 is 24.3 Å². The predicted molar refractivity (Wildman–Crippen MR) is 152 cm³/mol. The van der Waals surface area contributed by atoms with Gasteiger partial charge >= 0.3 is 6.03 Å². The third kappa shape index (κ3) is 6.28. The number of fused-ring (bicyclic) bond motifs is 1. The van der Waals surface area contributed by atoms with Crippen molar-refractivity contribution < 1.29 is 25.0 Å². The molecule has 2 fully saturated rings. The largest absolute Gasteiger partial charge is 0.497 e. The number of nitrogens with zero attached hydrogens (tertiary/aromatic N) is 4. The molecule has 0 saturated carbocycles. The first kappa shape index (κ1) is 28.7. The molecule has 0 spiro atoms. The second-order valence-electron chi connectivity index (χ2n) is 9.45. The third-order valence-corrected chi connectivity index (χ3v) is 6.95. The number of likely N-dealkylation sites (N-methyl/N-ethyl adjacent to an activating group) is 1. The van der Waals surface area contributed by atoms with Crippen molar-refractivity contribution in [3.63, 3.8) is 0 Å². The highest BCUT2D eigenvalue weighted by Gasteiger charge is 2.50. The SMILES string of the molecule is CC.COc1ccc(CNC(=O)N2[C@H]3CN(Cc4ccco4)C(=O)[C@H](Cc4ccccc4)N3C(=O)CN2C)cc1.[HH]. The number of furan rings is 1. The van der Waals surface area contributed by atoms with Gasteiger partial charge in [-0.3, -0.25) is 9.59 Å². The van der Waals surface area contributed by atoms with E-state index in [0.29, 0.717) is 18.7 Å². The fraction of sp³-hybridized carbons (Fsp3) is 0.367. The first-order valence-corrected chi connectivity index (χ1v) is 13.5. The van der Waals surface area contributed by atoms with E-state index in [2.05, 4.69) is 5.32 Å². The van der Waals surface area contributed by atoms with Gasteiger partial charge in [0, 0.05) is 21.4 Å². The zero-order valence-electron chi connectivity index (χ0n) is 23.4. The summed E-state index contributed by atoms with van der Waals surface area (Å²) in [6.45, 7) is 4.71. The summed E-state index contributed by atoms with van der Waals surface area (Å²) in [5, 5.41) is 6.13. The number of hydrogen-bond donors (Lipinski definition) is 1. The van der Waals surface area contributed by atoms with Crippen molar-refractivity contribution in [1.29, 1.82) is 0 Å². The van der Waals surface area contributed by atoms with Crippen LogP contribution in [0, 0.1) is 0 Å². The Morgan fingerprint density at radius 1 is 1.02 bits per heavy atom. The van der Waals surface area contributed by atoms with Gasteiger partial charge in [-0.25, -0.2) is 14.8 Å². The number of ether oxygens (including phenoxy) is 1. The molecule has 10 nitrogen and oxygen atoms in total. The average Bonchev–Trinajstić information content (AvgIpc) is 3.49. The van der Waals surface area contributed by atoms with E-state index in [9.17, 15) is 14.4 Å². The van der Waals surface area contributed by atoms with Gasteiger partial charge in [0.2, 0.25) is 11.8 Å². The Balaban J connectivity index is 0.00000151. The smallest absolute Gasteiger partial charge is 0.334 e. The Bertz CT molecular complexity index is 1270. The molecule has 10 heteroatoms. The Kier molecular flexibility index (Phi) is 9.44. The van der Waals surface area contributed by atoms with Gasteiger partial charge in [0.05, 0.1) is 33.0 Å². The number of amides is 4. The van der Waals surface area contributed by atoms with Crippen LogP contribution in [-0.2, 0) is 29.1 Å². The Labute approximate surface area is 236 Å². The lowest BCUT2D eigenvalue weighted by molar-refractivity contribution is -0.187. The number of hydrogen-bond acceptors (Lipinski definition) is 6. The zero-order valence-corrected chi connectivity index (χ0v) is 23.4. The molecule has 2 saturated heterocycles. The summed E-state index contributed by atoms with van der Waals surface area (Å²) in [5.74, 6) is 1.01. The van der Waals surface area contributed by atoms with E-state index >= 15 is 0 Å². The van der Waals surface area contributed by atoms with Crippen molar-refractivity contribution >= 4 is 17.8 Å². The van der Waals surface area contributed by atoms with Gasteiger partial charge in [0.1, 0.15) is 23.7 Å². The molecule has 214 valence electrons. The summed E-state index contributed by atoms with van der Waals surface area (Å²) < 4.78 is 10.7. The van der Waals surface area contributed by atoms with E-state index in [0.717, 1.165) is 16.9 Å². The molecular weight excluding hydrogens is 510 g/mol. The third-order valence-electron chi connectivity index (χ3n) is 6.95. The summed E-state index contributed by atoms with van der Waals surface area (Å²) in [6.07, 6.45) is 1.24. The molecule has 4 amide bonds. The summed E-state index contributed by atoms with van der Waals surface area (Å²) in [4.78, 5) is 43.8. The number of carbonyl (C=O) groups excluding carboxylic acids is 3. The van der Waals surface area contributed by atoms with E-state index in [1.54, 1.807) is 46.3 Å². The maximum Gasteiger partial charge on any atom is 0.334 e. The normalized spacial score (nSPS) is 19.1. The van der Waals surface area contributed by atoms with Gasteiger partial charge in [-0.1, -0.05) is 56.3 Å². The molecule has 40 heavy (non-hydrogen) atoms. The summed E-state index contributed by atoms with van der Waals surface area (Å²) in [6, 6.07) is 19.5. The molecule has 1 N–H and O–H groups in total. The van der Waals surface area contributed by atoms with E-state index in [-0.39, 0.29) is 38.9 Å². The number of benzene rings is 2. The zero-order chi connectivity index (χ0) is 28.6. The van der Waals surface area contributed by atoms with Crippen LogP contribution in [0.15, 0.2) is 77.4 Å². The highest BCUT2D eigenvalue weighted by molar-refractivity contribution is 5.91. The molecule has 5 rings (SSSR count). The molecular formula is C30H39N5O5. The molecule has 3 heterocycles. The molecule has 0 bridgehead atoms. The van der Waals surface area contributed by atoms with Crippen LogP contribution in [0.25, 0.3) is 0 Å². The minimum atomic E-state index is -0.746. The molecule has 2 aromatic carbocycles. The van der Waals surface area contributed by atoms with Crippen molar-refractivity contribution in [3.05, 3.63) is 89.9 Å². The number of carbonyl (C=O) groups is 3. The minimum absolute atomic E-state index is 0. The Morgan fingerprint density at radius 3 is 2.40 bits per heavy atom. The number of hydrazine groups is 1. The lowest BCUT2D eigenvalue weighted by Crippen LogP contribution is -2.76. The van der Waals surface area contributed by atoms with Crippen molar-refractivity contribution in [2.24, 2.45) is 0 Å². The van der Waals surface area contributed by atoms with Crippen molar-refractivity contribution in [3.8, 4) is 5.75 Å². The van der Waals surface area contributed by atoms with Gasteiger partial charge in [0.15, 0.2) is 0 Å². The summed E-state index contributed by atoms with van der Waals surface area (Å²) in [7, 11) is 3.31. The fourth-order valence-corrected chi connectivity index (χ4v) is 5.08. The molecule has 2 aliphatic rings. The lowest BCUT2D eigenvalue weighted by Gasteiger charge is -2.54. The quantitative estimate of drug-likeness (QED) is 0.482. The fourth-order valence-electron chi connectivity index (χ4n) is 5.08. The van der Waals surface area contributed by atoms with E-state index in [1.807, 2.05) is 74.5 Å². The van der Waals surface area contributed by atoms with Crippen LogP contribution in [0.5, 0.6) is 5.75 Å². The highest BCUT2D eigenvalue weighted by Crippen LogP contribution is 2.28. The number of methoxy groups -OCH3 is 1. The van der Waals surface area contributed by atoms with Gasteiger partial charge in [0.25, 0.3) is 0 Å². The molecule has 3 aromatic rings. The van der Waals surface area contributed by atoms with Crippen molar-refractivity contribution in [2.75, 3.05) is 27.2 Å². The van der Waals surface area contributed by atoms with Crippen LogP contribution in [0.4, 0.5) is 4.79 Å². The van der Waals surface area contributed by atoms with E-state index in [1.165, 1.54) is 0 Å². The van der Waals surface area contributed by atoms with Crippen LogP contribution < -0.4 is 10.1 Å². The van der Waals surface area contributed by atoms with Crippen LogP contribution in [0.1, 0.15) is 32.2 Å². The monoisotopic (exact) mass is 549 g/mol. The van der Waals surface area contributed by atoms with Crippen molar-refractivity contribution in [2.45, 2.75) is 45.6 Å². The number of nitrogens with one attached hydrogen (secondary N) is 1. The number of urea groups is 1. The number of rotatable bonds is 7. The lowest BCUT2D eigenvalue weighted by atomic mass is 9.99. The second-order valence-corrected chi connectivity index (χ2v) is 9.45. The van der Waals surface area contributed by atoms with Gasteiger partial charge in [-0.2, -0.15) is 0 Å². The first-order chi connectivity index (χ1) is 19.4. The summed E-state index contributed by atoms with van der Waals surface area (Å²) in [5.41, 5.74) is 1.85. The van der Waals surface area contributed by atoms with E-state index < -0.39 is 12.2 Å². The topological polar surface area (TPSA) is 98.6 Å². The van der Waals surface area contributed by atoms with Gasteiger partial charge in [-0.15, -0.1) is 0 Å². The first-order valence-electron chi connectivity index (χ1n) is 13.5. The Morgan fingerprint density at radius 2 is 1.75 bits per heavy atom. The van der Waals surface area contributed by atoms with Crippen LogP contribution in [0.2, 0.25) is 0 Å². The molecule has 2 atom stereocenters. The maximum absolute atomic E-state index is 13.7. The van der Waals surface area contributed by atoms with E-state index in [4.69, 9.17) is 9.15 Å². The summed E-state index contributed by atoms with van der Waals surface area (Å²) >= 11 is 0. The molecule has 2 aliphatic heterocycles. The van der Waals surface area contributed by atoms with Gasteiger partial charge in [-0.05, 0) is 35.4 Å². The molecule has 0 radical (unpaired) electrons. The van der Waals surface area contributed by atoms with Crippen LogP contribution in [0.3, 0.4) is 0 Å². The van der Waals surface area contributed by atoms with Crippen molar-refractivity contribution in [1.82, 2.24) is 25.1 Å². The second kappa shape index (κ2) is 13.2. The number of piperazine rings is 1. The van der Waals surface area contributed by atoms with Crippen LogP contribution in [-0.4, -0.2) is 77.1 Å².